The summed E-state index contributed by atoms with van der Waals surface area (Å²) in [5.41, 5.74) is 5.78. The monoisotopic (exact) mass is 393 g/mol. The van der Waals surface area contributed by atoms with Gasteiger partial charge in [0, 0.05) is 37.2 Å². The summed E-state index contributed by atoms with van der Waals surface area (Å²) >= 11 is 6.13. The molecule has 0 fully saturated rings. The lowest BCUT2D eigenvalue weighted by Crippen LogP contribution is -2.37. The van der Waals surface area contributed by atoms with E-state index in [0.717, 1.165) is 0 Å². The highest BCUT2D eigenvalue weighted by molar-refractivity contribution is 6.32. The zero-order chi connectivity index (χ0) is 19.8. The van der Waals surface area contributed by atoms with Gasteiger partial charge in [0.05, 0.1) is 5.02 Å². The van der Waals surface area contributed by atoms with Gasteiger partial charge in [0.15, 0.2) is 11.6 Å². The highest BCUT2D eigenvalue weighted by Gasteiger charge is 2.20. The van der Waals surface area contributed by atoms with Gasteiger partial charge in [-0.1, -0.05) is 35.9 Å². The number of carbonyl (C=O) groups is 1. The van der Waals surface area contributed by atoms with E-state index in [0.29, 0.717) is 24.4 Å². The van der Waals surface area contributed by atoms with Crippen molar-refractivity contribution in [1.29, 1.82) is 0 Å². The summed E-state index contributed by atoms with van der Waals surface area (Å²) in [6, 6.07) is 11.6. The molecule has 7 heteroatoms. The average molecular weight is 394 g/mol. The number of carbonyl (C=O) groups excluding carboxylic acids is 1. The molecule has 0 aliphatic heterocycles. The van der Waals surface area contributed by atoms with Crippen molar-refractivity contribution in [3.05, 3.63) is 58.9 Å². The average Bonchev–Trinajstić information content (AvgIpc) is 2.64. The summed E-state index contributed by atoms with van der Waals surface area (Å²) in [7, 11) is 0. The highest BCUT2D eigenvalue weighted by Crippen LogP contribution is 2.35. The van der Waals surface area contributed by atoms with E-state index in [1.165, 1.54) is 0 Å². The molecule has 0 bridgehead atoms. The Bertz CT molecular complexity index is 758. The van der Waals surface area contributed by atoms with Crippen LogP contribution in [0.3, 0.4) is 0 Å². The standard InChI is InChI=1S/C20H25ClFN3O2/c1-13(12-18(26)24-11-10-23)25-14(2)16-8-9-17(21)20(19(16)22)27-15-6-4-3-5-7-15/h3-9,13-14,25H,10-12,23H2,1-2H3,(H,24,26)/t13-,14+/m0/s1. The van der Waals surface area contributed by atoms with Crippen LogP contribution < -0.4 is 21.1 Å². The maximum Gasteiger partial charge on any atom is 0.221 e. The first kappa shape index (κ1) is 21.2. The van der Waals surface area contributed by atoms with Crippen LogP contribution in [0, 0.1) is 5.82 Å². The zero-order valence-corrected chi connectivity index (χ0v) is 16.2. The second kappa shape index (κ2) is 10.3. The molecule has 0 aliphatic rings. The van der Waals surface area contributed by atoms with Gasteiger partial charge in [-0.05, 0) is 32.0 Å². The van der Waals surface area contributed by atoms with Crippen molar-refractivity contribution in [2.75, 3.05) is 13.1 Å². The van der Waals surface area contributed by atoms with Crippen molar-refractivity contribution in [3.63, 3.8) is 0 Å². The minimum Gasteiger partial charge on any atom is -0.453 e. The van der Waals surface area contributed by atoms with E-state index < -0.39 is 5.82 Å². The molecular formula is C20H25ClFN3O2. The van der Waals surface area contributed by atoms with Gasteiger partial charge < -0.3 is 21.1 Å². The van der Waals surface area contributed by atoms with Crippen molar-refractivity contribution < 1.29 is 13.9 Å². The van der Waals surface area contributed by atoms with Crippen LogP contribution >= 0.6 is 11.6 Å². The van der Waals surface area contributed by atoms with Gasteiger partial charge >= 0.3 is 0 Å². The Morgan fingerprint density at radius 3 is 2.59 bits per heavy atom. The lowest BCUT2D eigenvalue weighted by atomic mass is 10.1. The Labute approximate surface area is 164 Å². The molecule has 0 unspecified atom stereocenters. The van der Waals surface area contributed by atoms with Crippen LogP contribution in [0.4, 0.5) is 4.39 Å². The third-order valence-electron chi connectivity index (χ3n) is 4.00. The number of hydrogen-bond acceptors (Lipinski definition) is 4. The number of nitrogens with two attached hydrogens (primary N) is 1. The van der Waals surface area contributed by atoms with E-state index >= 15 is 4.39 Å². The molecule has 0 aromatic heterocycles. The van der Waals surface area contributed by atoms with Crippen LogP contribution in [-0.4, -0.2) is 25.0 Å². The molecule has 0 spiro atoms. The second-order valence-electron chi connectivity index (χ2n) is 6.33. The van der Waals surface area contributed by atoms with Crippen molar-refractivity contribution >= 4 is 17.5 Å². The normalized spacial score (nSPS) is 13.1. The third kappa shape index (κ3) is 6.20. The molecule has 5 nitrogen and oxygen atoms in total. The third-order valence-corrected chi connectivity index (χ3v) is 4.30. The summed E-state index contributed by atoms with van der Waals surface area (Å²) < 4.78 is 20.6. The minimum absolute atomic E-state index is 0.0117. The maximum absolute atomic E-state index is 15.0. The second-order valence-corrected chi connectivity index (χ2v) is 6.73. The predicted octanol–water partition coefficient (Wildman–Crippen LogP) is 3.78. The van der Waals surface area contributed by atoms with Crippen LogP contribution in [0.2, 0.25) is 5.02 Å². The molecule has 4 N–H and O–H groups in total. The fraction of sp³-hybridized carbons (Fsp3) is 0.350. The van der Waals surface area contributed by atoms with E-state index in [1.54, 1.807) is 36.4 Å². The first-order chi connectivity index (χ1) is 12.9. The molecule has 0 aliphatic carbocycles. The van der Waals surface area contributed by atoms with Gasteiger partial charge in [-0.3, -0.25) is 4.79 Å². The fourth-order valence-electron chi connectivity index (χ4n) is 2.72. The van der Waals surface area contributed by atoms with Gasteiger partial charge in [-0.2, -0.15) is 0 Å². The highest BCUT2D eigenvalue weighted by atomic mass is 35.5. The van der Waals surface area contributed by atoms with Crippen molar-refractivity contribution in [1.82, 2.24) is 10.6 Å². The number of benzene rings is 2. The molecule has 1 amide bonds. The predicted molar refractivity (Wildman–Crippen MR) is 106 cm³/mol. The fourth-order valence-corrected chi connectivity index (χ4v) is 2.90. The first-order valence-corrected chi connectivity index (χ1v) is 9.23. The van der Waals surface area contributed by atoms with E-state index in [9.17, 15) is 4.79 Å². The summed E-state index contributed by atoms with van der Waals surface area (Å²) in [6.45, 7) is 4.53. The van der Waals surface area contributed by atoms with Crippen molar-refractivity contribution in [2.24, 2.45) is 5.73 Å². The van der Waals surface area contributed by atoms with Crippen LogP contribution in [0.1, 0.15) is 31.9 Å². The Balaban J connectivity index is 2.09. The molecule has 27 heavy (non-hydrogen) atoms. The number of amides is 1. The van der Waals surface area contributed by atoms with Crippen LogP contribution in [0.5, 0.6) is 11.5 Å². The van der Waals surface area contributed by atoms with Gasteiger partial charge in [-0.25, -0.2) is 4.39 Å². The Morgan fingerprint density at radius 2 is 1.93 bits per heavy atom. The molecule has 0 saturated carbocycles. The van der Waals surface area contributed by atoms with E-state index in [4.69, 9.17) is 22.1 Å². The molecular weight excluding hydrogens is 369 g/mol. The van der Waals surface area contributed by atoms with Crippen molar-refractivity contribution in [2.45, 2.75) is 32.4 Å². The largest absolute Gasteiger partial charge is 0.453 e. The van der Waals surface area contributed by atoms with Gasteiger partial charge in [-0.15, -0.1) is 0 Å². The number of nitrogens with one attached hydrogen (secondary N) is 2. The number of hydrogen-bond donors (Lipinski definition) is 3. The van der Waals surface area contributed by atoms with E-state index in [-0.39, 0.29) is 35.2 Å². The van der Waals surface area contributed by atoms with E-state index in [2.05, 4.69) is 10.6 Å². The van der Waals surface area contributed by atoms with Crippen LogP contribution in [-0.2, 0) is 4.79 Å². The Morgan fingerprint density at radius 1 is 1.22 bits per heavy atom. The minimum atomic E-state index is -0.522. The Kier molecular flexibility index (Phi) is 8.03. The summed E-state index contributed by atoms with van der Waals surface area (Å²) in [4.78, 5) is 11.8. The molecule has 2 aromatic rings. The first-order valence-electron chi connectivity index (χ1n) is 8.86. The van der Waals surface area contributed by atoms with Gasteiger partial charge in [0.25, 0.3) is 0 Å². The number of halogens is 2. The SMILES string of the molecule is C[C@@H](CC(=O)NCCN)N[C@H](C)c1ccc(Cl)c(Oc2ccccc2)c1F. The summed E-state index contributed by atoms with van der Waals surface area (Å²) in [6.07, 6.45) is 0.271. The molecule has 0 saturated heterocycles. The maximum atomic E-state index is 15.0. The molecule has 2 atom stereocenters. The van der Waals surface area contributed by atoms with Gasteiger partial charge in [0.1, 0.15) is 5.75 Å². The van der Waals surface area contributed by atoms with Crippen LogP contribution in [0.25, 0.3) is 0 Å². The van der Waals surface area contributed by atoms with Crippen LogP contribution in [0.15, 0.2) is 42.5 Å². The summed E-state index contributed by atoms with van der Waals surface area (Å²) in [5, 5.41) is 6.14. The lowest BCUT2D eigenvalue weighted by Gasteiger charge is -2.22. The zero-order valence-electron chi connectivity index (χ0n) is 15.5. The Hall–Kier alpha value is -2.15. The molecule has 0 heterocycles. The quantitative estimate of drug-likeness (QED) is 0.606. The van der Waals surface area contributed by atoms with Gasteiger partial charge in [0.2, 0.25) is 5.91 Å². The molecule has 0 radical (unpaired) electrons. The molecule has 2 aromatic carbocycles. The van der Waals surface area contributed by atoms with E-state index in [1.807, 2.05) is 19.9 Å². The topological polar surface area (TPSA) is 76.4 Å². The number of ether oxygens (including phenoxy) is 1. The smallest absolute Gasteiger partial charge is 0.221 e. The molecule has 2 rings (SSSR count). The molecule has 146 valence electrons. The lowest BCUT2D eigenvalue weighted by molar-refractivity contribution is -0.121. The number of rotatable bonds is 9. The van der Waals surface area contributed by atoms with Crippen molar-refractivity contribution in [3.8, 4) is 11.5 Å². The summed E-state index contributed by atoms with van der Waals surface area (Å²) in [5.74, 6) is -0.133. The number of para-hydroxylation sites is 1.